The van der Waals surface area contributed by atoms with Crippen LogP contribution < -0.4 is 0 Å². The molecule has 14 heavy (non-hydrogen) atoms. The first kappa shape index (κ1) is 9.25. The SMILES string of the molecule is CC1(C)CCc2cc(C(=O)O)ccc21. The van der Waals surface area contributed by atoms with Gasteiger partial charge in [0, 0.05) is 0 Å². The molecule has 2 heteroatoms. The topological polar surface area (TPSA) is 37.3 Å². The van der Waals surface area contributed by atoms with Crippen molar-refractivity contribution in [3.05, 3.63) is 34.9 Å². The van der Waals surface area contributed by atoms with Crippen molar-refractivity contribution in [2.24, 2.45) is 0 Å². The van der Waals surface area contributed by atoms with Crippen LogP contribution in [0.25, 0.3) is 0 Å². The molecule has 2 nitrogen and oxygen atoms in total. The first-order valence-electron chi connectivity index (χ1n) is 4.87. The number of benzene rings is 1. The number of carboxylic acids is 1. The quantitative estimate of drug-likeness (QED) is 0.739. The second-order valence-electron chi connectivity index (χ2n) is 4.56. The lowest BCUT2D eigenvalue weighted by Crippen LogP contribution is -2.11. The summed E-state index contributed by atoms with van der Waals surface area (Å²) in [6.45, 7) is 4.42. The lowest BCUT2D eigenvalue weighted by Gasteiger charge is -2.18. The highest BCUT2D eigenvalue weighted by Crippen LogP contribution is 2.38. The van der Waals surface area contributed by atoms with Gasteiger partial charge in [-0.15, -0.1) is 0 Å². The zero-order valence-corrected chi connectivity index (χ0v) is 8.50. The third-order valence-corrected chi connectivity index (χ3v) is 3.10. The van der Waals surface area contributed by atoms with Gasteiger partial charge in [0.15, 0.2) is 0 Å². The summed E-state index contributed by atoms with van der Waals surface area (Å²) in [6, 6.07) is 5.48. The van der Waals surface area contributed by atoms with E-state index in [9.17, 15) is 4.79 Å². The predicted octanol–water partition coefficient (Wildman–Crippen LogP) is 2.61. The van der Waals surface area contributed by atoms with Crippen LogP contribution in [0.3, 0.4) is 0 Å². The lowest BCUT2D eigenvalue weighted by atomic mass is 9.86. The number of fused-ring (bicyclic) bond motifs is 1. The molecule has 0 saturated carbocycles. The van der Waals surface area contributed by atoms with Gasteiger partial charge in [0.1, 0.15) is 0 Å². The van der Waals surface area contributed by atoms with Crippen LogP contribution >= 0.6 is 0 Å². The number of carboxylic acid groups (broad SMARTS) is 1. The van der Waals surface area contributed by atoms with Crippen molar-refractivity contribution in [2.45, 2.75) is 32.1 Å². The van der Waals surface area contributed by atoms with E-state index in [1.54, 1.807) is 6.07 Å². The Morgan fingerprint density at radius 3 is 2.79 bits per heavy atom. The molecule has 0 amide bonds. The zero-order valence-electron chi connectivity index (χ0n) is 8.50. The molecule has 1 N–H and O–H groups in total. The summed E-state index contributed by atoms with van der Waals surface area (Å²) in [7, 11) is 0. The maximum atomic E-state index is 10.8. The molecule has 1 aromatic carbocycles. The number of aryl methyl sites for hydroxylation is 1. The molecule has 0 atom stereocenters. The predicted molar refractivity (Wildman–Crippen MR) is 54.7 cm³/mol. The van der Waals surface area contributed by atoms with Gasteiger partial charge in [-0.1, -0.05) is 19.9 Å². The minimum absolute atomic E-state index is 0.215. The molecule has 0 heterocycles. The van der Waals surface area contributed by atoms with Crippen molar-refractivity contribution in [1.82, 2.24) is 0 Å². The summed E-state index contributed by atoms with van der Waals surface area (Å²) in [5.74, 6) is -0.836. The molecule has 0 saturated heterocycles. The maximum Gasteiger partial charge on any atom is 0.335 e. The van der Waals surface area contributed by atoms with Crippen molar-refractivity contribution < 1.29 is 9.90 Å². The molecular weight excluding hydrogens is 176 g/mol. The van der Waals surface area contributed by atoms with E-state index in [2.05, 4.69) is 13.8 Å². The Bertz CT molecular complexity index is 391. The standard InChI is InChI=1S/C12H14O2/c1-12(2)6-5-8-7-9(11(13)14)3-4-10(8)12/h3-4,7H,5-6H2,1-2H3,(H,13,14). The van der Waals surface area contributed by atoms with E-state index in [0.29, 0.717) is 5.56 Å². The number of carbonyl (C=O) groups is 1. The van der Waals surface area contributed by atoms with Gasteiger partial charge in [-0.05, 0) is 41.5 Å². The number of rotatable bonds is 1. The van der Waals surface area contributed by atoms with Crippen LogP contribution in [-0.2, 0) is 11.8 Å². The average Bonchev–Trinajstić information content (AvgIpc) is 2.42. The largest absolute Gasteiger partial charge is 0.478 e. The molecule has 1 aliphatic carbocycles. The lowest BCUT2D eigenvalue weighted by molar-refractivity contribution is 0.0697. The third-order valence-electron chi connectivity index (χ3n) is 3.10. The fourth-order valence-corrected chi connectivity index (χ4v) is 2.18. The van der Waals surface area contributed by atoms with E-state index in [0.717, 1.165) is 12.8 Å². The van der Waals surface area contributed by atoms with Gasteiger partial charge in [0.25, 0.3) is 0 Å². The van der Waals surface area contributed by atoms with Gasteiger partial charge < -0.3 is 5.11 Å². The molecular formula is C12H14O2. The van der Waals surface area contributed by atoms with Gasteiger partial charge in [-0.25, -0.2) is 4.79 Å². The Hall–Kier alpha value is -1.31. The normalized spacial score (nSPS) is 17.9. The second-order valence-corrected chi connectivity index (χ2v) is 4.56. The van der Waals surface area contributed by atoms with Gasteiger partial charge in [0.05, 0.1) is 5.56 Å². The molecule has 1 aromatic rings. The number of hydrogen-bond acceptors (Lipinski definition) is 1. The van der Waals surface area contributed by atoms with Crippen LogP contribution in [0, 0.1) is 0 Å². The summed E-state index contributed by atoms with van der Waals surface area (Å²) >= 11 is 0. The number of hydrogen-bond donors (Lipinski definition) is 1. The van der Waals surface area contributed by atoms with Gasteiger partial charge in [-0.2, -0.15) is 0 Å². The monoisotopic (exact) mass is 190 g/mol. The van der Waals surface area contributed by atoms with Crippen molar-refractivity contribution in [1.29, 1.82) is 0 Å². The molecule has 0 aromatic heterocycles. The first-order chi connectivity index (χ1) is 6.50. The Morgan fingerprint density at radius 1 is 1.43 bits per heavy atom. The molecule has 0 aliphatic heterocycles. The average molecular weight is 190 g/mol. The van der Waals surface area contributed by atoms with Crippen molar-refractivity contribution in [3.8, 4) is 0 Å². The maximum absolute atomic E-state index is 10.8. The van der Waals surface area contributed by atoms with Crippen LogP contribution in [0.4, 0.5) is 0 Å². The minimum Gasteiger partial charge on any atom is -0.478 e. The van der Waals surface area contributed by atoms with Crippen LogP contribution in [0.15, 0.2) is 18.2 Å². The molecule has 0 unspecified atom stereocenters. The van der Waals surface area contributed by atoms with Crippen molar-refractivity contribution >= 4 is 5.97 Å². The smallest absolute Gasteiger partial charge is 0.335 e. The Balaban J connectivity index is 2.49. The third kappa shape index (κ3) is 1.31. The molecule has 2 rings (SSSR count). The van der Waals surface area contributed by atoms with Crippen molar-refractivity contribution in [2.75, 3.05) is 0 Å². The van der Waals surface area contributed by atoms with Gasteiger partial charge >= 0.3 is 5.97 Å². The van der Waals surface area contributed by atoms with E-state index in [4.69, 9.17) is 5.11 Å². The fourth-order valence-electron chi connectivity index (χ4n) is 2.18. The van der Waals surface area contributed by atoms with Crippen LogP contribution in [0.5, 0.6) is 0 Å². The summed E-state index contributed by atoms with van der Waals surface area (Å²) in [4.78, 5) is 10.8. The van der Waals surface area contributed by atoms with E-state index < -0.39 is 5.97 Å². The molecule has 0 fully saturated rings. The summed E-state index contributed by atoms with van der Waals surface area (Å²) < 4.78 is 0. The van der Waals surface area contributed by atoms with Crippen LogP contribution in [0.2, 0.25) is 0 Å². The summed E-state index contributed by atoms with van der Waals surface area (Å²) in [5.41, 5.74) is 3.13. The molecule has 0 spiro atoms. The minimum atomic E-state index is -0.836. The molecule has 74 valence electrons. The van der Waals surface area contributed by atoms with E-state index in [1.165, 1.54) is 11.1 Å². The van der Waals surface area contributed by atoms with E-state index in [-0.39, 0.29) is 5.41 Å². The summed E-state index contributed by atoms with van der Waals surface area (Å²) in [5, 5.41) is 8.85. The first-order valence-corrected chi connectivity index (χ1v) is 4.87. The highest BCUT2D eigenvalue weighted by atomic mass is 16.4. The Morgan fingerprint density at radius 2 is 2.14 bits per heavy atom. The van der Waals surface area contributed by atoms with Gasteiger partial charge in [0.2, 0.25) is 0 Å². The summed E-state index contributed by atoms with van der Waals surface area (Å²) in [6.07, 6.45) is 2.12. The van der Waals surface area contributed by atoms with E-state index >= 15 is 0 Å². The Kier molecular flexibility index (Phi) is 1.88. The van der Waals surface area contributed by atoms with Crippen molar-refractivity contribution in [3.63, 3.8) is 0 Å². The van der Waals surface area contributed by atoms with Crippen LogP contribution in [-0.4, -0.2) is 11.1 Å². The molecule has 0 radical (unpaired) electrons. The zero-order chi connectivity index (χ0) is 10.3. The fraction of sp³-hybridized carbons (Fsp3) is 0.417. The van der Waals surface area contributed by atoms with Crippen LogP contribution in [0.1, 0.15) is 41.8 Å². The number of aromatic carboxylic acids is 1. The second kappa shape index (κ2) is 2.84. The highest BCUT2D eigenvalue weighted by molar-refractivity contribution is 5.88. The molecule has 0 bridgehead atoms. The molecule has 1 aliphatic rings. The Labute approximate surface area is 83.6 Å². The highest BCUT2D eigenvalue weighted by Gasteiger charge is 2.29. The van der Waals surface area contributed by atoms with Gasteiger partial charge in [-0.3, -0.25) is 0 Å². The van der Waals surface area contributed by atoms with E-state index in [1.807, 2.05) is 12.1 Å².